The maximum absolute atomic E-state index is 13.6. The van der Waals surface area contributed by atoms with Crippen molar-refractivity contribution in [1.29, 1.82) is 0 Å². The molecular weight excluding hydrogens is 476 g/mol. The molecule has 0 spiro atoms. The highest BCUT2D eigenvalue weighted by Gasteiger charge is 2.29. The molecular formula is C28H22N2O5S. The number of amides is 2. The number of furan rings is 1. The largest absolute Gasteiger partial charge is 0.466 e. The van der Waals surface area contributed by atoms with Crippen LogP contribution in [-0.4, -0.2) is 24.3 Å². The second-order valence-corrected chi connectivity index (χ2v) is 9.33. The SMILES string of the molecule is Cc1cccc(NC(=O)CN2C(=O)c3ccccc3Sc3ccc(C(=O)OCc4ccco4)cc32)c1. The molecule has 2 heterocycles. The van der Waals surface area contributed by atoms with Crippen LogP contribution in [-0.2, 0) is 16.1 Å². The number of nitrogens with zero attached hydrogens (tertiary/aromatic N) is 1. The molecule has 180 valence electrons. The second kappa shape index (κ2) is 10.1. The monoisotopic (exact) mass is 498 g/mol. The van der Waals surface area contributed by atoms with Crippen molar-refractivity contribution in [3.63, 3.8) is 0 Å². The molecule has 1 aliphatic rings. The zero-order valence-electron chi connectivity index (χ0n) is 19.4. The molecule has 0 bridgehead atoms. The summed E-state index contributed by atoms with van der Waals surface area (Å²) in [5, 5.41) is 2.86. The van der Waals surface area contributed by atoms with Crippen molar-refractivity contribution in [2.24, 2.45) is 0 Å². The first-order valence-electron chi connectivity index (χ1n) is 11.3. The Morgan fingerprint density at radius 3 is 2.64 bits per heavy atom. The van der Waals surface area contributed by atoms with Crippen LogP contribution in [0.2, 0.25) is 0 Å². The first-order chi connectivity index (χ1) is 17.5. The van der Waals surface area contributed by atoms with Gasteiger partial charge in [0.1, 0.15) is 18.9 Å². The van der Waals surface area contributed by atoms with Crippen LogP contribution in [0.4, 0.5) is 11.4 Å². The normalized spacial score (nSPS) is 12.4. The number of esters is 1. The molecule has 3 aromatic carbocycles. The van der Waals surface area contributed by atoms with Crippen molar-refractivity contribution < 1.29 is 23.5 Å². The summed E-state index contributed by atoms with van der Waals surface area (Å²) in [6.07, 6.45) is 1.51. The Morgan fingerprint density at radius 1 is 0.972 bits per heavy atom. The lowest BCUT2D eigenvalue weighted by Gasteiger charge is -2.23. The van der Waals surface area contributed by atoms with Gasteiger partial charge in [-0.3, -0.25) is 14.5 Å². The summed E-state index contributed by atoms with van der Waals surface area (Å²) in [6, 6.07) is 23.1. The number of anilines is 2. The lowest BCUT2D eigenvalue weighted by Crippen LogP contribution is -2.38. The maximum atomic E-state index is 13.6. The van der Waals surface area contributed by atoms with E-state index in [0.29, 0.717) is 22.7 Å². The Morgan fingerprint density at radius 2 is 1.83 bits per heavy atom. The zero-order valence-corrected chi connectivity index (χ0v) is 20.2. The molecule has 8 heteroatoms. The number of fused-ring (bicyclic) bond motifs is 2. The van der Waals surface area contributed by atoms with Gasteiger partial charge in [0.25, 0.3) is 5.91 Å². The number of carbonyl (C=O) groups is 3. The van der Waals surface area contributed by atoms with Crippen molar-refractivity contribution in [2.45, 2.75) is 23.3 Å². The van der Waals surface area contributed by atoms with Crippen LogP contribution >= 0.6 is 11.8 Å². The summed E-state index contributed by atoms with van der Waals surface area (Å²) in [5.41, 5.74) is 2.88. The molecule has 0 saturated carbocycles. The third-order valence-corrected chi connectivity index (χ3v) is 6.74. The van der Waals surface area contributed by atoms with Crippen LogP contribution in [0.1, 0.15) is 32.0 Å². The highest BCUT2D eigenvalue weighted by Crippen LogP contribution is 2.41. The van der Waals surface area contributed by atoms with Crippen molar-refractivity contribution in [3.8, 4) is 0 Å². The van der Waals surface area contributed by atoms with Gasteiger partial charge in [0.15, 0.2) is 0 Å². The summed E-state index contributed by atoms with van der Waals surface area (Å²) in [6.45, 7) is 1.70. The summed E-state index contributed by atoms with van der Waals surface area (Å²) >= 11 is 1.41. The number of aryl methyl sites for hydroxylation is 1. The molecule has 1 aliphatic heterocycles. The second-order valence-electron chi connectivity index (χ2n) is 8.25. The average Bonchev–Trinajstić information content (AvgIpc) is 3.36. The van der Waals surface area contributed by atoms with Gasteiger partial charge in [0, 0.05) is 15.5 Å². The fraction of sp³-hybridized carbons (Fsp3) is 0.107. The van der Waals surface area contributed by atoms with E-state index in [1.54, 1.807) is 48.5 Å². The Balaban J connectivity index is 1.45. The molecule has 2 amide bonds. The Bertz CT molecular complexity index is 1450. The van der Waals surface area contributed by atoms with E-state index in [-0.39, 0.29) is 30.5 Å². The quantitative estimate of drug-likeness (QED) is 0.343. The van der Waals surface area contributed by atoms with E-state index in [4.69, 9.17) is 9.15 Å². The number of benzene rings is 3. The summed E-state index contributed by atoms with van der Waals surface area (Å²) < 4.78 is 10.6. The molecule has 0 atom stereocenters. The van der Waals surface area contributed by atoms with Crippen LogP contribution in [0.5, 0.6) is 0 Å². The van der Waals surface area contributed by atoms with E-state index in [1.807, 2.05) is 37.3 Å². The highest BCUT2D eigenvalue weighted by molar-refractivity contribution is 7.99. The van der Waals surface area contributed by atoms with Gasteiger partial charge in [-0.05, 0) is 67.1 Å². The molecule has 0 unspecified atom stereocenters. The summed E-state index contributed by atoms with van der Waals surface area (Å²) in [4.78, 5) is 42.3. The number of rotatable bonds is 6. The first-order valence-corrected chi connectivity index (χ1v) is 12.1. The van der Waals surface area contributed by atoms with E-state index in [0.717, 1.165) is 15.4 Å². The van der Waals surface area contributed by atoms with Gasteiger partial charge in [-0.2, -0.15) is 0 Å². The minimum atomic E-state index is -0.558. The van der Waals surface area contributed by atoms with Gasteiger partial charge in [0.05, 0.1) is 23.1 Å². The lowest BCUT2D eigenvalue weighted by atomic mass is 10.1. The van der Waals surface area contributed by atoms with Crippen LogP contribution < -0.4 is 10.2 Å². The van der Waals surface area contributed by atoms with E-state index >= 15 is 0 Å². The average molecular weight is 499 g/mol. The number of nitrogens with one attached hydrogen (secondary N) is 1. The molecule has 0 radical (unpaired) electrons. The van der Waals surface area contributed by atoms with Crippen molar-refractivity contribution in [3.05, 3.63) is 108 Å². The van der Waals surface area contributed by atoms with E-state index in [9.17, 15) is 14.4 Å². The predicted octanol–water partition coefficient (Wildman–Crippen LogP) is 5.70. The topological polar surface area (TPSA) is 88.9 Å². The van der Waals surface area contributed by atoms with Gasteiger partial charge in [0.2, 0.25) is 5.91 Å². The molecule has 4 aromatic rings. The number of hydrogen-bond acceptors (Lipinski definition) is 6. The number of carbonyl (C=O) groups excluding carboxylic acids is 3. The Labute approximate surface area is 212 Å². The van der Waals surface area contributed by atoms with Gasteiger partial charge >= 0.3 is 5.97 Å². The highest BCUT2D eigenvalue weighted by atomic mass is 32.2. The van der Waals surface area contributed by atoms with Crippen LogP contribution in [0.15, 0.2) is 99.3 Å². The minimum absolute atomic E-state index is 0.00927. The van der Waals surface area contributed by atoms with Crippen molar-refractivity contribution in [1.82, 2.24) is 0 Å². The van der Waals surface area contributed by atoms with Crippen molar-refractivity contribution >= 4 is 40.9 Å². The molecule has 36 heavy (non-hydrogen) atoms. The predicted molar refractivity (Wildman–Crippen MR) is 136 cm³/mol. The molecule has 1 N–H and O–H groups in total. The molecule has 0 saturated heterocycles. The van der Waals surface area contributed by atoms with Gasteiger partial charge < -0.3 is 14.5 Å². The van der Waals surface area contributed by atoms with Gasteiger partial charge in [-0.1, -0.05) is 36.0 Å². The number of hydrogen-bond donors (Lipinski definition) is 1. The van der Waals surface area contributed by atoms with Crippen molar-refractivity contribution in [2.75, 3.05) is 16.8 Å². The van der Waals surface area contributed by atoms with Crippen LogP contribution in [0.3, 0.4) is 0 Å². The van der Waals surface area contributed by atoms with E-state index < -0.39 is 5.97 Å². The van der Waals surface area contributed by atoms with E-state index in [1.165, 1.54) is 22.9 Å². The van der Waals surface area contributed by atoms with Crippen LogP contribution in [0, 0.1) is 6.92 Å². The number of ether oxygens (including phenoxy) is 1. The fourth-order valence-corrected chi connectivity index (χ4v) is 4.94. The van der Waals surface area contributed by atoms with E-state index in [2.05, 4.69) is 5.32 Å². The maximum Gasteiger partial charge on any atom is 0.338 e. The first kappa shape index (κ1) is 23.4. The molecule has 7 nitrogen and oxygen atoms in total. The summed E-state index contributed by atoms with van der Waals surface area (Å²) in [5.74, 6) is -0.710. The molecule has 0 fully saturated rings. The Kier molecular flexibility index (Phi) is 6.60. The third-order valence-electron chi connectivity index (χ3n) is 5.60. The fourth-order valence-electron chi connectivity index (χ4n) is 3.89. The third kappa shape index (κ3) is 5.04. The molecule has 5 rings (SSSR count). The minimum Gasteiger partial charge on any atom is -0.466 e. The molecule has 0 aliphatic carbocycles. The van der Waals surface area contributed by atoms with Gasteiger partial charge in [-0.15, -0.1) is 0 Å². The Hall–Kier alpha value is -4.30. The smallest absolute Gasteiger partial charge is 0.338 e. The van der Waals surface area contributed by atoms with Crippen LogP contribution in [0.25, 0.3) is 0 Å². The zero-order chi connectivity index (χ0) is 25.1. The van der Waals surface area contributed by atoms with Gasteiger partial charge in [-0.25, -0.2) is 4.79 Å². The standard InChI is InChI=1S/C28H22N2O5S/c1-18-6-4-7-20(14-18)29-26(31)16-30-23-15-19(28(33)35-17-21-8-5-13-34-21)11-12-25(23)36-24-10-3-2-9-22(24)27(30)32/h2-15H,16-17H2,1H3,(H,29,31). The lowest BCUT2D eigenvalue weighted by molar-refractivity contribution is -0.114. The summed E-state index contributed by atoms with van der Waals surface area (Å²) in [7, 11) is 0. The molecule has 1 aromatic heterocycles.